The Kier molecular flexibility index (Phi) is 7.49. The third-order valence-corrected chi connectivity index (χ3v) is 6.18. The summed E-state index contributed by atoms with van der Waals surface area (Å²) in [5.41, 5.74) is 4.50. The summed E-state index contributed by atoms with van der Waals surface area (Å²) in [7, 11) is 0. The smallest absolute Gasteiger partial charge is 0.244 e. The van der Waals surface area contributed by atoms with E-state index in [0.717, 1.165) is 5.56 Å². The van der Waals surface area contributed by atoms with Crippen molar-refractivity contribution in [3.8, 4) is 5.88 Å². The van der Waals surface area contributed by atoms with Gasteiger partial charge in [-0.2, -0.15) is 5.10 Å². The van der Waals surface area contributed by atoms with Crippen molar-refractivity contribution >= 4 is 70.3 Å². The Morgan fingerprint density at radius 1 is 1.23 bits per heavy atom. The largest absolute Gasteiger partial charge is 0.493 e. The standard InChI is InChI=1S/C20H18Cl2N4O2S2/c1-2-26-19(28)16(30-20(26)29)11-23-25-17(27)10-12-6-3-4-9-15(12)24-18-13(21)7-5-8-14(18)22/h3-9,11,24,28H,2,10H2,1H3,(H,25,27)/b23-11+. The van der Waals surface area contributed by atoms with Crippen molar-refractivity contribution in [2.45, 2.75) is 19.9 Å². The number of hydrogen-bond donors (Lipinski definition) is 3. The van der Waals surface area contributed by atoms with Gasteiger partial charge < -0.3 is 10.4 Å². The molecule has 156 valence electrons. The number of benzene rings is 2. The van der Waals surface area contributed by atoms with Crippen LogP contribution in [0, 0.1) is 3.95 Å². The number of nitrogens with zero attached hydrogens (tertiary/aromatic N) is 2. The summed E-state index contributed by atoms with van der Waals surface area (Å²) in [5, 5.41) is 18.2. The van der Waals surface area contributed by atoms with E-state index in [1.165, 1.54) is 17.6 Å². The first-order valence-electron chi connectivity index (χ1n) is 8.94. The predicted molar refractivity (Wildman–Crippen MR) is 126 cm³/mol. The molecule has 0 bridgehead atoms. The van der Waals surface area contributed by atoms with Crippen LogP contribution in [0.3, 0.4) is 0 Å². The zero-order valence-electron chi connectivity index (χ0n) is 15.9. The molecule has 1 amide bonds. The molecular weight excluding hydrogens is 463 g/mol. The molecule has 0 fully saturated rings. The molecule has 0 atom stereocenters. The summed E-state index contributed by atoms with van der Waals surface area (Å²) < 4.78 is 2.13. The number of aromatic nitrogens is 1. The first-order chi connectivity index (χ1) is 14.4. The lowest BCUT2D eigenvalue weighted by Crippen LogP contribution is -2.20. The summed E-state index contributed by atoms with van der Waals surface area (Å²) in [6, 6.07) is 12.6. The van der Waals surface area contributed by atoms with Crippen LogP contribution in [0.5, 0.6) is 5.88 Å². The molecule has 0 saturated carbocycles. The number of carbonyl (C=O) groups is 1. The minimum Gasteiger partial charge on any atom is -0.493 e. The Morgan fingerprint density at radius 3 is 2.60 bits per heavy atom. The molecule has 0 saturated heterocycles. The lowest BCUT2D eigenvalue weighted by Gasteiger charge is -2.14. The maximum atomic E-state index is 12.4. The Bertz CT molecular complexity index is 1140. The van der Waals surface area contributed by atoms with Gasteiger partial charge in [0.2, 0.25) is 11.8 Å². The van der Waals surface area contributed by atoms with E-state index in [4.69, 9.17) is 35.4 Å². The summed E-state index contributed by atoms with van der Waals surface area (Å²) in [4.78, 5) is 12.8. The number of rotatable bonds is 7. The highest BCUT2D eigenvalue weighted by Crippen LogP contribution is 2.33. The van der Waals surface area contributed by atoms with Gasteiger partial charge in [0.25, 0.3) is 0 Å². The predicted octanol–water partition coefficient (Wildman–Crippen LogP) is 5.75. The van der Waals surface area contributed by atoms with Gasteiger partial charge in [-0.15, -0.1) is 0 Å². The maximum Gasteiger partial charge on any atom is 0.244 e. The second kappa shape index (κ2) is 10.1. The molecule has 0 aliphatic rings. The topological polar surface area (TPSA) is 78.7 Å². The summed E-state index contributed by atoms with van der Waals surface area (Å²) in [6.07, 6.45) is 1.47. The van der Waals surface area contributed by atoms with Crippen molar-refractivity contribution < 1.29 is 9.90 Å². The number of carbonyl (C=O) groups excluding carboxylic acids is 1. The summed E-state index contributed by atoms with van der Waals surface area (Å²) in [5.74, 6) is -0.277. The molecule has 0 aliphatic carbocycles. The van der Waals surface area contributed by atoms with Crippen LogP contribution in [0.15, 0.2) is 47.6 Å². The number of hydrogen-bond acceptors (Lipinski definition) is 6. The average molecular weight is 481 g/mol. The number of aromatic hydroxyl groups is 1. The quantitative estimate of drug-likeness (QED) is 0.228. The third-order valence-electron chi connectivity index (χ3n) is 4.17. The highest BCUT2D eigenvalue weighted by atomic mass is 35.5. The maximum absolute atomic E-state index is 12.4. The van der Waals surface area contributed by atoms with Crippen LogP contribution in [0.25, 0.3) is 0 Å². The SMILES string of the molecule is CCn1c(O)c(/C=N/NC(=O)Cc2ccccc2Nc2c(Cl)cccc2Cl)sc1=S. The van der Waals surface area contributed by atoms with Gasteiger partial charge in [0.15, 0.2) is 3.95 Å². The van der Waals surface area contributed by atoms with Gasteiger partial charge in [-0.3, -0.25) is 9.36 Å². The van der Waals surface area contributed by atoms with Crippen molar-refractivity contribution in [2.24, 2.45) is 5.10 Å². The summed E-state index contributed by atoms with van der Waals surface area (Å²) >= 11 is 18.9. The molecule has 3 rings (SSSR count). The average Bonchev–Trinajstić information content (AvgIpc) is 2.98. The molecule has 3 aromatic rings. The zero-order chi connectivity index (χ0) is 21.7. The van der Waals surface area contributed by atoms with E-state index < -0.39 is 0 Å². The van der Waals surface area contributed by atoms with E-state index in [0.29, 0.717) is 36.8 Å². The first-order valence-corrected chi connectivity index (χ1v) is 10.9. The fourth-order valence-corrected chi connectivity index (χ4v) is 4.50. The Balaban J connectivity index is 1.70. The van der Waals surface area contributed by atoms with Crippen LogP contribution in [0.2, 0.25) is 10.0 Å². The Labute approximate surface area is 192 Å². The van der Waals surface area contributed by atoms with E-state index >= 15 is 0 Å². The van der Waals surface area contributed by atoms with Gasteiger partial charge in [-0.05, 0) is 42.9 Å². The van der Waals surface area contributed by atoms with Crippen LogP contribution < -0.4 is 10.7 Å². The van der Waals surface area contributed by atoms with E-state index in [2.05, 4.69) is 15.8 Å². The van der Waals surface area contributed by atoms with Crippen LogP contribution in [-0.4, -0.2) is 21.8 Å². The molecule has 0 spiro atoms. The highest BCUT2D eigenvalue weighted by Gasteiger charge is 2.12. The molecule has 3 N–H and O–H groups in total. The molecule has 6 nitrogen and oxygen atoms in total. The molecule has 0 unspecified atom stereocenters. The number of amides is 1. The monoisotopic (exact) mass is 480 g/mol. The van der Waals surface area contributed by atoms with Crippen LogP contribution in [0.1, 0.15) is 17.4 Å². The van der Waals surface area contributed by atoms with Crippen molar-refractivity contribution in [2.75, 3.05) is 5.32 Å². The second-order valence-corrected chi connectivity index (χ2v) is 8.64. The lowest BCUT2D eigenvalue weighted by atomic mass is 10.1. The molecule has 30 heavy (non-hydrogen) atoms. The summed E-state index contributed by atoms with van der Waals surface area (Å²) in [6.45, 7) is 2.44. The minimum absolute atomic E-state index is 0.0386. The van der Waals surface area contributed by atoms with Gasteiger partial charge in [0.1, 0.15) is 4.88 Å². The number of para-hydroxylation sites is 2. The van der Waals surface area contributed by atoms with Crippen molar-refractivity contribution in [3.05, 3.63) is 66.9 Å². The second-order valence-electron chi connectivity index (χ2n) is 6.15. The van der Waals surface area contributed by atoms with Crippen molar-refractivity contribution in [1.82, 2.24) is 9.99 Å². The molecule has 2 aromatic carbocycles. The Hall–Kier alpha value is -2.39. The van der Waals surface area contributed by atoms with Gasteiger partial charge in [0.05, 0.1) is 28.4 Å². The number of hydrazone groups is 1. The zero-order valence-corrected chi connectivity index (χ0v) is 19.0. The molecule has 1 aromatic heterocycles. The van der Waals surface area contributed by atoms with Crippen LogP contribution >= 0.6 is 46.8 Å². The molecule has 10 heteroatoms. The first kappa shape index (κ1) is 22.3. The minimum atomic E-state index is -0.316. The highest BCUT2D eigenvalue weighted by molar-refractivity contribution is 7.73. The number of nitrogens with one attached hydrogen (secondary N) is 2. The normalized spacial score (nSPS) is 11.0. The fraction of sp³-hybridized carbons (Fsp3) is 0.150. The Morgan fingerprint density at radius 2 is 1.93 bits per heavy atom. The molecule has 0 aliphatic heterocycles. The van der Waals surface area contributed by atoms with E-state index in [-0.39, 0.29) is 18.2 Å². The number of halogens is 2. The van der Waals surface area contributed by atoms with E-state index in [1.807, 2.05) is 31.2 Å². The lowest BCUT2D eigenvalue weighted by molar-refractivity contribution is -0.120. The van der Waals surface area contributed by atoms with E-state index in [1.54, 1.807) is 22.8 Å². The molecule has 1 heterocycles. The van der Waals surface area contributed by atoms with Gasteiger partial charge in [0, 0.05) is 12.2 Å². The van der Waals surface area contributed by atoms with Crippen molar-refractivity contribution in [1.29, 1.82) is 0 Å². The van der Waals surface area contributed by atoms with Crippen LogP contribution in [-0.2, 0) is 17.8 Å². The number of thiazole rings is 1. The van der Waals surface area contributed by atoms with Gasteiger partial charge >= 0.3 is 0 Å². The van der Waals surface area contributed by atoms with Crippen LogP contribution in [0.4, 0.5) is 11.4 Å². The fourth-order valence-electron chi connectivity index (χ4n) is 2.70. The molecule has 0 radical (unpaired) electrons. The third kappa shape index (κ3) is 5.20. The van der Waals surface area contributed by atoms with Crippen molar-refractivity contribution in [3.63, 3.8) is 0 Å². The number of anilines is 2. The van der Waals surface area contributed by atoms with Gasteiger partial charge in [-0.1, -0.05) is 58.8 Å². The molecular formula is C20H18Cl2N4O2S2. The van der Waals surface area contributed by atoms with E-state index in [9.17, 15) is 9.90 Å². The van der Waals surface area contributed by atoms with Gasteiger partial charge in [-0.25, -0.2) is 5.43 Å².